The molecule has 0 aliphatic rings. The zero-order valence-corrected chi connectivity index (χ0v) is 15.7. The first kappa shape index (κ1) is 19.9. The molecule has 0 amide bonds. The van der Waals surface area contributed by atoms with E-state index in [0.29, 0.717) is 28.4 Å². The molecule has 2 aromatic carbocycles. The molecule has 27 heavy (non-hydrogen) atoms. The van der Waals surface area contributed by atoms with Crippen LogP contribution < -0.4 is 14.2 Å². The quantitative estimate of drug-likeness (QED) is 0.454. The number of phenols is 1. The van der Waals surface area contributed by atoms with Gasteiger partial charge in [-0.15, -0.1) is 0 Å². The molecule has 0 unspecified atom stereocenters. The third-order valence-electron chi connectivity index (χ3n) is 3.88. The molecular weight excluding hydrogens is 348 g/mol. The molecule has 0 saturated carbocycles. The molecule has 6 heteroatoms. The molecule has 0 bridgehead atoms. The number of methoxy groups -OCH3 is 4. The minimum Gasteiger partial charge on any atom is -0.504 e. The first-order valence-electron chi connectivity index (χ1n) is 8.10. The summed E-state index contributed by atoms with van der Waals surface area (Å²) in [5.74, 6) is 1.04. The molecule has 6 nitrogen and oxygen atoms in total. The zero-order chi connectivity index (χ0) is 19.8. The van der Waals surface area contributed by atoms with Crippen molar-refractivity contribution in [1.29, 1.82) is 0 Å². The van der Waals surface area contributed by atoms with E-state index in [1.165, 1.54) is 20.3 Å². The molecule has 0 fully saturated rings. The van der Waals surface area contributed by atoms with Crippen molar-refractivity contribution in [2.75, 3.05) is 28.4 Å². The first-order valence-corrected chi connectivity index (χ1v) is 8.10. The van der Waals surface area contributed by atoms with E-state index in [2.05, 4.69) is 4.74 Å². The summed E-state index contributed by atoms with van der Waals surface area (Å²) in [4.78, 5) is 11.4. The monoisotopic (exact) mass is 370 g/mol. The van der Waals surface area contributed by atoms with E-state index in [9.17, 15) is 9.90 Å². The minimum atomic E-state index is -0.486. The summed E-state index contributed by atoms with van der Waals surface area (Å²) in [5, 5.41) is 10.5. The topological polar surface area (TPSA) is 74.2 Å². The second-order valence-electron chi connectivity index (χ2n) is 5.42. The van der Waals surface area contributed by atoms with Crippen LogP contribution in [0.3, 0.4) is 0 Å². The zero-order valence-electron chi connectivity index (χ0n) is 15.7. The van der Waals surface area contributed by atoms with Crippen LogP contribution in [0, 0.1) is 0 Å². The number of phenolic OH excluding ortho intramolecular Hbond substituents is 1. The fraction of sp³-hybridized carbons (Fsp3) is 0.190. The number of ether oxygens (including phenoxy) is 4. The minimum absolute atomic E-state index is 0.0266. The smallest absolute Gasteiger partial charge is 0.330 e. The van der Waals surface area contributed by atoms with Crippen LogP contribution in [0.5, 0.6) is 23.0 Å². The van der Waals surface area contributed by atoms with Gasteiger partial charge >= 0.3 is 5.97 Å². The number of esters is 1. The van der Waals surface area contributed by atoms with Crippen molar-refractivity contribution in [3.63, 3.8) is 0 Å². The van der Waals surface area contributed by atoms with E-state index in [1.807, 2.05) is 18.2 Å². The van der Waals surface area contributed by atoms with Crippen LogP contribution in [0.1, 0.15) is 16.7 Å². The van der Waals surface area contributed by atoms with Crippen molar-refractivity contribution in [3.8, 4) is 23.0 Å². The number of hydrogen-bond donors (Lipinski definition) is 1. The molecule has 2 rings (SSSR count). The molecule has 0 heterocycles. The summed E-state index contributed by atoms with van der Waals surface area (Å²) in [6.07, 6.45) is 6.40. The molecule has 0 saturated heterocycles. The Morgan fingerprint density at radius 3 is 2.15 bits per heavy atom. The van der Waals surface area contributed by atoms with Gasteiger partial charge in [-0.25, -0.2) is 4.79 Å². The van der Waals surface area contributed by atoms with E-state index in [4.69, 9.17) is 14.2 Å². The molecule has 142 valence electrons. The van der Waals surface area contributed by atoms with Gasteiger partial charge in [-0.1, -0.05) is 18.2 Å². The SMILES string of the molecule is COC(=O)/C=C/c1ccc(OC)c(O)c1/C=C/c1ccc(OC)c(OC)c1. The maximum atomic E-state index is 11.4. The average molecular weight is 370 g/mol. The fourth-order valence-electron chi connectivity index (χ4n) is 2.45. The van der Waals surface area contributed by atoms with Gasteiger partial charge in [0.05, 0.1) is 28.4 Å². The van der Waals surface area contributed by atoms with Gasteiger partial charge in [0.25, 0.3) is 0 Å². The van der Waals surface area contributed by atoms with Crippen LogP contribution in [-0.2, 0) is 9.53 Å². The van der Waals surface area contributed by atoms with Crippen molar-refractivity contribution in [3.05, 3.63) is 53.1 Å². The Morgan fingerprint density at radius 1 is 0.852 bits per heavy atom. The van der Waals surface area contributed by atoms with Crippen LogP contribution in [0.4, 0.5) is 0 Å². The number of carbonyl (C=O) groups is 1. The normalized spacial score (nSPS) is 11.0. The van der Waals surface area contributed by atoms with Gasteiger partial charge < -0.3 is 24.1 Å². The van der Waals surface area contributed by atoms with Gasteiger partial charge in [0, 0.05) is 11.6 Å². The summed E-state index contributed by atoms with van der Waals surface area (Å²) in [5.41, 5.74) is 1.98. The summed E-state index contributed by atoms with van der Waals surface area (Å²) >= 11 is 0. The van der Waals surface area contributed by atoms with Gasteiger partial charge in [0.2, 0.25) is 0 Å². The Hall–Kier alpha value is -3.41. The van der Waals surface area contributed by atoms with E-state index in [0.717, 1.165) is 5.56 Å². The molecular formula is C21H22O6. The predicted octanol–water partition coefficient (Wildman–Crippen LogP) is 3.77. The number of carbonyl (C=O) groups excluding carboxylic acids is 1. The highest BCUT2D eigenvalue weighted by molar-refractivity contribution is 5.89. The second-order valence-corrected chi connectivity index (χ2v) is 5.42. The van der Waals surface area contributed by atoms with Crippen LogP contribution in [0.25, 0.3) is 18.2 Å². The first-order chi connectivity index (χ1) is 13.0. The average Bonchev–Trinajstić information content (AvgIpc) is 2.70. The molecule has 0 aliphatic carbocycles. The molecule has 1 N–H and O–H groups in total. The lowest BCUT2D eigenvalue weighted by molar-refractivity contribution is -0.134. The van der Waals surface area contributed by atoms with Crippen LogP contribution >= 0.6 is 0 Å². The molecule has 0 radical (unpaired) electrons. The lowest BCUT2D eigenvalue weighted by Crippen LogP contribution is -1.94. The standard InChI is InChI=1S/C21H22O6/c1-24-17-10-6-14(13-19(17)26-3)5-9-16-15(8-12-20(22)27-4)7-11-18(25-2)21(16)23/h5-13,23H,1-4H3/b9-5+,12-8+. The van der Waals surface area contributed by atoms with E-state index < -0.39 is 5.97 Å². The lowest BCUT2D eigenvalue weighted by Gasteiger charge is -2.10. The van der Waals surface area contributed by atoms with Gasteiger partial charge in [-0.3, -0.25) is 0 Å². The van der Waals surface area contributed by atoms with Crippen molar-refractivity contribution in [1.82, 2.24) is 0 Å². The van der Waals surface area contributed by atoms with Gasteiger partial charge in [0.1, 0.15) is 0 Å². The van der Waals surface area contributed by atoms with Gasteiger partial charge in [-0.05, 0) is 41.5 Å². The fourth-order valence-corrected chi connectivity index (χ4v) is 2.45. The van der Waals surface area contributed by atoms with E-state index >= 15 is 0 Å². The molecule has 0 spiro atoms. The number of rotatable bonds is 7. The maximum absolute atomic E-state index is 11.4. The summed E-state index contributed by atoms with van der Waals surface area (Å²) in [6, 6.07) is 8.84. The Kier molecular flexibility index (Phi) is 6.88. The van der Waals surface area contributed by atoms with Crippen molar-refractivity contribution < 1.29 is 28.8 Å². The second kappa shape index (κ2) is 9.33. The van der Waals surface area contributed by atoms with Gasteiger partial charge in [0.15, 0.2) is 23.0 Å². The summed E-state index contributed by atoms with van der Waals surface area (Å²) in [6.45, 7) is 0. The largest absolute Gasteiger partial charge is 0.504 e. The number of benzene rings is 2. The summed E-state index contributed by atoms with van der Waals surface area (Å²) < 4.78 is 20.3. The Labute approximate surface area is 158 Å². The highest BCUT2D eigenvalue weighted by atomic mass is 16.5. The highest BCUT2D eigenvalue weighted by Crippen LogP contribution is 2.35. The summed E-state index contributed by atoms with van der Waals surface area (Å²) in [7, 11) is 5.91. The van der Waals surface area contributed by atoms with Crippen LogP contribution in [0.15, 0.2) is 36.4 Å². The number of aromatic hydroxyl groups is 1. The Bertz CT molecular complexity index is 867. The Balaban J connectivity index is 2.45. The van der Waals surface area contributed by atoms with Crippen LogP contribution in [0.2, 0.25) is 0 Å². The lowest BCUT2D eigenvalue weighted by atomic mass is 10.0. The maximum Gasteiger partial charge on any atom is 0.330 e. The molecule has 0 aliphatic heterocycles. The number of hydrogen-bond acceptors (Lipinski definition) is 6. The molecule has 0 atom stereocenters. The third kappa shape index (κ3) is 4.82. The van der Waals surface area contributed by atoms with Crippen LogP contribution in [-0.4, -0.2) is 39.5 Å². The van der Waals surface area contributed by atoms with Gasteiger partial charge in [-0.2, -0.15) is 0 Å². The third-order valence-corrected chi connectivity index (χ3v) is 3.88. The molecule has 0 aromatic heterocycles. The predicted molar refractivity (Wildman–Crippen MR) is 104 cm³/mol. The van der Waals surface area contributed by atoms with E-state index in [-0.39, 0.29) is 5.75 Å². The van der Waals surface area contributed by atoms with E-state index in [1.54, 1.807) is 44.6 Å². The van der Waals surface area contributed by atoms with Crippen molar-refractivity contribution >= 4 is 24.2 Å². The Morgan fingerprint density at radius 2 is 1.52 bits per heavy atom. The molecule has 2 aromatic rings. The van der Waals surface area contributed by atoms with Crippen molar-refractivity contribution in [2.24, 2.45) is 0 Å². The van der Waals surface area contributed by atoms with Crippen molar-refractivity contribution in [2.45, 2.75) is 0 Å². The highest BCUT2D eigenvalue weighted by Gasteiger charge is 2.10.